The average Bonchev–Trinajstić information content (AvgIpc) is 2.61. The van der Waals surface area contributed by atoms with E-state index in [4.69, 9.17) is 14.0 Å². The van der Waals surface area contributed by atoms with Gasteiger partial charge in [0.15, 0.2) is 11.5 Å². The fourth-order valence-corrected chi connectivity index (χ4v) is 3.49. The zero-order chi connectivity index (χ0) is 22.6. The molecule has 0 spiro atoms. The predicted octanol–water partition coefficient (Wildman–Crippen LogP) is 4.29. The molecule has 1 aromatic rings. The van der Waals surface area contributed by atoms with Crippen LogP contribution in [-0.4, -0.2) is 43.3 Å². The molecule has 0 unspecified atom stereocenters. The lowest BCUT2D eigenvalue weighted by Gasteiger charge is -2.38. The second-order valence-electron chi connectivity index (χ2n) is 7.07. The van der Waals surface area contributed by atoms with Crippen molar-refractivity contribution in [2.45, 2.75) is 51.0 Å². The Morgan fingerprint density at radius 3 is 2.37 bits per heavy atom. The molecule has 11 heteroatoms. The molecular weight excluding hydrogens is 429 g/mol. The van der Waals surface area contributed by atoms with Gasteiger partial charge in [-0.15, -0.1) is 13.2 Å². The van der Waals surface area contributed by atoms with Gasteiger partial charge in [-0.05, 0) is 56.4 Å². The Balaban J connectivity index is 2.32. The summed E-state index contributed by atoms with van der Waals surface area (Å²) in [5, 5.41) is 0. The van der Waals surface area contributed by atoms with E-state index in [2.05, 4.69) is 11.3 Å². The lowest BCUT2D eigenvalue weighted by atomic mass is 9.80. The summed E-state index contributed by atoms with van der Waals surface area (Å²) < 4.78 is 83.3. The molecule has 1 N–H and O–H groups in total. The summed E-state index contributed by atoms with van der Waals surface area (Å²) in [6.45, 7) is 5.02. The topological polar surface area (TPSA) is 99.1 Å². The van der Waals surface area contributed by atoms with E-state index >= 15 is 0 Å². The summed E-state index contributed by atoms with van der Waals surface area (Å²) in [4.78, 5) is 12.2. The smallest absolute Gasteiger partial charge is 0.479 e. The van der Waals surface area contributed by atoms with Crippen molar-refractivity contribution in [3.63, 3.8) is 0 Å². The second-order valence-corrected chi connectivity index (χ2v) is 8.64. The first-order chi connectivity index (χ1) is 13.8. The molecule has 2 rings (SSSR count). The van der Waals surface area contributed by atoms with Crippen LogP contribution >= 0.6 is 0 Å². The quantitative estimate of drug-likeness (QED) is 0.357. The Morgan fingerprint density at radius 2 is 1.83 bits per heavy atom. The first-order valence-corrected chi connectivity index (χ1v) is 10.8. The maximum atomic E-state index is 12.8. The fraction of sp³-hybridized carbons (Fsp3) is 0.526. The number of carbonyl (C=O) groups excluding carboxylic acids is 1. The monoisotopic (exact) mass is 452 g/mol. The summed E-state index contributed by atoms with van der Waals surface area (Å²) in [5.41, 5.74) is -0.418. The van der Waals surface area contributed by atoms with Crippen LogP contribution < -0.4 is 9.47 Å². The molecule has 0 aromatic heterocycles. The molecule has 168 valence electrons. The van der Waals surface area contributed by atoms with Gasteiger partial charge in [0.1, 0.15) is 18.0 Å². The molecule has 1 aliphatic carbocycles. The van der Waals surface area contributed by atoms with Gasteiger partial charge in [0.2, 0.25) is 0 Å². The van der Waals surface area contributed by atoms with Crippen molar-refractivity contribution in [3.05, 3.63) is 35.9 Å². The zero-order valence-electron chi connectivity index (χ0n) is 16.3. The maximum absolute atomic E-state index is 12.8. The van der Waals surface area contributed by atoms with Gasteiger partial charge in [-0.1, -0.05) is 13.0 Å². The van der Waals surface area contributed by atoms with Gasteiger partial charge in [0.25, 0.3) is 10.1 Å². The number of hydrogen-bond donors (Lipinski definition) is 1. The first kappa shape index (κ1) is 24.0. The minimum absolute atomic E-state index is 0.164. The normalized spacial score (nSPS) is 16.6. The van der Waals surface area contributed by atoms with Gasteiger partial charge in [0, 0.05) is 0 Å². The highest BCUT2D eigenvalue weighted by Gasteiger charge is 2.38. The number of alkyl halides is 3. The van der Waals surface area contributed by atoms with E-state index in [-0.39, 0.29) is 11.3 Å². The van der Waals surface area contributed by atoms with Crippen LogP contribution in [0.15, 0.2) is 30.4 Å². The number of rotatable bonds is 8. The van der Waals surface area contributed by atoms with Gasteiger partial charge < -0.3 is 14.2 Å². The number of benzene rings is 1. The highest BCUT2D eigenvalue weighted by Crippen LogP contribution is 2.42. The van der Waals surface area contributed by atoms with E-state index in [0.717, 1.165) is 37.5 Å². The first-order valence-electron chi connectivity index (χ1n) is 9.18. The van der Waals surface area contributed by atoms with E-state index in [1.807, 2.05) is 0 Å². The van der Waals surface area contributed by atoms with Crippen LogP contribution in [0.25, 0.3) is 0 Å². The van der Waals surface area contributed by atoms with Crippen molar-refractivity contribution in [1.29, 1.82) is 0 Å². The van der Waals surface area contributed by atoms with Crippen molar-refractivity contribution in [2.24, 2.45) is 0 Å². The molecule has 0 atom stereocenters. The molecule has 1 aliphatic rings. The molecule has 0 saturated heterocycles. The van der Waals surface area contributed by atoms with Gasteiger partial charge >= 0.3 is 12.3 Å². The van der Waals surface area contributed by atoms with Gasteiger partial charge in [-0.3, -0.25) is 4.55 Å². The summed E-state index contributed by atoms with van der Waals surface area (Å²) in [6.07, 6.45) is -1.30. The van der Waals surface area contributed by atoms with E-state index < -0.39 is 46.2 Å². The van der Waals surface area contributed by atoms with Crippen LogP contribution in [0.3, 0.4) is 0 Å². The molecule has 0 amide bonds. The number of carbonyl (C=O) groups is 1. The number of halogens is 3. The van der Waals surface area contributed by atoms with Crippen LogP contribution in [0.1, 0.15) is 49.4 Å². The Morgan fingerprint density at radius 1 is 1.20 bits per heavy atom. The highest BCUT2D eigenvalue weighted by molar-refractivity contribution is 7.85. The second kappa shape index (κ2) is 9.25. The van der Waals surface area contributed by atoms with Crippen molar-refractivity contribution >= 4 is 16.1 Å². The number of ether oxygens (including phenoxy) is 3. The van der Waals surface area contributed by atoms with Crippen molar-refractivity contribution in [3.8, 4) is 11.5 Å². The standard InChI is InChI=1S/C19H23F3O7S/c1-13(2)18(8-4-3-5-9-18)28-16-12-14(6-7-15(16)29-19(20,21)22)17(23)27-10-11-30(24,25)26/h6-7,12H,1,3-5,8-11H2,2H3,(H,24,25,26). The molecule has 0 heterocycles. The molecule has 0 bridgehead atoms. The minimum atomic E-state index is -4.97. The molecular formula is C19H23F3O7S. The molecule has 1 saturated carbocycles. The molecule has 1 aromatic carbocycles. The van der Waals surface area contributed by atoms with Crippen LogP contribution in [0, 0.1) is 0 Å². The molecule has 1 fully saturated rings. The number of hydrogen-bond acceptors (Lipinski definition) is 6. The summed E-state index contributed by atoms with van der Waals surface area (Å²) in [5.74, 6) is -2.73. The van der Waals surface area contributed by atoms with Crippen LogP contribution in [0.5, 0.6) is 11.5 Å². The van der Waals surface area contributed by atoms with E-state index in [0.29, 0.717) is 18.4 Å². The lowest BCUT2D eigenvalue weighted by molar-refractivity contribution is -0.275. The SMILES string of the molecule is C=C(C)C1(Oc2cc(C(=O)OCCS(=O)(=O)O)ccc2OC(F)(F)F)CCCCC1. The minimum Gasteiger partial charge on any atom is -0.479 e. The Labute approximate surface area is 172 Å². The molecule has 0 radical (unpaired) electrons. The van der Waals surface area contributed by atoms with Crippen LogP contribution in [-0.2, 0) is 14.9 Å². The molecule has 7 nitrogen and oxygen atoms in total. The van der Waals surface area contributed by atoms with Crippen molar-refractivity contribution < 1.29 is 45.1 Å². The van der Waals surface area contributed by atoms with E-state index in [1.165, 1.54) is 0 Å². The largest absolute Gasteiger partial charge is 0.573 e. The Kier molecular flexibility index (Phi) is 7.40. The van der Waals surface area contributed by atoms with Crippen molar-refractivity contribution in [1.82, 2.24) is 0 Å². The lowest BCUT2D eigenvalue weighted by Crippen LogP contribution is -2.39. The van der Waals surface area contributed by atoms with Crippen molar-refractivity contribution in [2.75, 3.05) is 12.4 Å². The zero-order valence-corrected chi connectivity index (χ0v) is 17.1. The molecule has 0 aliphatic heterocycles. The third kappa shape index (κ3) is 6.91. The highest BCUT2D eigenvalue weighted by atomic mass is 32.2. The predicted molar refractivity (Wildman–Crippen MR) is 101 cm³/mol. The Bertz CT molecular complexity index is 888. The Hall–Kier alpha value is -2.27. The van der Waals surface area contributed by atoms with E-state index in [9.17, 15) is 26.4 Å². The van der Waals surface area contributed by atoms with Crippen LogP contribution in [0.2, 0.25) is 0 Å². The number of esters is 1. The van der Waals surface area contributed by atoms with Gasteiger partial charge in [0.05, 0.1) is 5.56 Å². The van der Waals surface area contributed by atoms with E-state index in [1.54, 1.807) is 6.92 Å². The summed E-state index contributed by atoms with van der Waals surface area (Å²) in [7, 11) is -4.33. The van der Waals surface area contributed by atoms with Crippen LogP contribution in [0.4, 0.5) is 13.2 Å². The molecule has 30 heavy (non-hydrogen) atoms. The fourth-order valence-electron chi connectivity index (χ4n) is 3.20. The maximum Gasteiger partial charge on any atom is 0.573 e. The third-order valence-corrected chi connectivity index (χ3v) is 5.41. The summed E-state index contributed by atoms with van der Waals surface area (Å²) >= 11 is 0. The third-order valence-electron chi connectivity index (χ3n) is 4.72. The average molecular weight is 452 g/mol. The van der Waals surface area contributed by atoms with Gasteiger partial charge in [-0.25, -0.2) is 4.79 Å². The summed E-state index contributed by atoms with van der Waals surface area (Å²) in [6, 6.07) is 3.02. The van der Waals surface area contributed by atoms with Gasteiger partial charge in [-0.2, -0.15) is 8.42 Å².